The molecule has 5 rings (SSSR count). The molecule has 0 spiro atoms. The van der Waals surface area contributed by atoms with Crippen LogP contribution in [0.5, 0.6) is 0 Å². The molecule has 1 unspecified atom stereocenters. The molecule has 3 heterocycles. The van der Waals surface area contributed by atoms with Crippen LogP contribution in [0.15, 0.2) is 53.1 Å². The third kappa shape index (κ3) is 6.50. The van der Waals surface area contributed by atoms with Crippen molar-refractivity contribution < 1.29 is 14.1 Å². The Morgan fingerprint density at radius 2 is 1.78 bits per heavy atom. The molecule has 2 fully saturated rings. The standard InChI is InChI=1S/C27H32ClN5O3/c28-24-9-7-20(8-10-24)26-30-25(36-31-26)19-33-11-3-6-23(18-33)27(34)29-16-21-4-1-2-5-22(21)17-32-12-14-35-15-13-32/h1-2,4-5,7-10,23H,3,6,11-19H2,(H,29,34). The van der Waals surface area contributed by atoms with E-state index in [9.17, 15) is 4.79 Å². The zero-order valence-electron chi connectivity index (χ0n) is 20.4. The Hall–Kier alpha value is -2.78. The van der Waals surface area contributed by atoms with Gasteiger partial charge in [-0.25, -0.2) is 0 Å². The summed E-state index contributed by atoms with van der Waals surface area (Å²) in [5.74, 6) is 1.15. The molecule has 190 valence electrons. The van der Waals surface area contributed by atoms with Gasteiger partial charge < -0.3 is 14.6 Å². The minimum Gasteiger partial charge on any atom is -0.379 e. The van der Waals surface area contributed by atoms with Gasteiger partial charge in [0, 0.05) is 43.3 Å². The number of aromatic nitrogens is 2. The van der Waals surface area contributed by atoms with E-state index in [4.69, 9.17) is 20.9 Å². The summed E-state index contributed by atoms with van der Waals surface area (Å²) in [5, 5.41) is 7.96. The molecule has 3 aromatic rings. The Bertz CT molecular complexity index is 1150. The molecule has 1 N–H and O–H groups in total. The first-order chi connectivity index (χ1) is 17.6. The number of morpholine rings is 1. The molecule has 2 aliphatic heterocycles. The van der Waals surface area contributed by atoms with Crippen molar-refractivity contribution in [1.29, 1.82) is 0 Å². The van der Waals surface area contributed by atoms with Gasteiger partial charge in [-0.1, -0.05) is 41.0 Å². The molecule has 9 heteroatoms. The fourth-order valence-electron chi connectivity index (χ4n) is 4.85. The van der Waals surface area contributed by atoms with Gasteiger partial charge in [0.2, 0.25) is 17.6 Å². The van der Waals surface area contributed by atoms with E-state index < -0.39 is 0 Å². The van der Waals surface area contributed by atoms with Crippen molar-refractivity contribution in [1.82, 2.24) is 25.3 Å². The van der Waals surface area contributed by atoms with Gasteiger partial charge in [-0.05, 0) is 54.8 Å². The summed E-state index contributed by atoms with van der Waals surface area (Å²) in [6.07, 6.45) is 1.85. The fraction of sp³-hybridized carbons (Fsp3) is 0.444. The molecule has 0 aliphatic carbocycles. The van der Waals surface area contributed by atoms with Gasteiger partial charge in [-0.2, -0.15) is 4.98 Å². The van der Waals surface area contributed by atoms with Crippen LogP contribution in [0.2, 0.25) is 5.02 Å². The lowest BCUT2D eigenvalue weighted by Crippen LogP contribution is -2.42. The predicted molar refractivity (Wildman–Crippen MR) is 137 cm³/mol. The highest BCUT2D eigenvalue weighted by atomic mass is 35.5. The summed E-state index contributed by atoms with van der Waals surface area (Å²) in [6.45, 7) is 7.00. The van der Waals surface area contributed by atoms with Crippen molar-refractivity contribution in [3.63, 3.8) is 0 Å². The zero-order chi connectivity index (χ0) is 24.7. The molecule has 2 saturated heterocycles. The van der Waals surface area contributed by atoms with Crippen molar-refractivity contribution in [2.45, 2.75) is 32.5 Å². The number of likely N-dealkylation sites (tertiary alicyclic amines) is 1. The number of rotatable bonds is 8. The average Bonchev–Trinajstić information content (AvgIpc) is 3.37. The van der Waals surface area contributed by atoms with Crippen LogP contribution in [0.4, 0.5) is 0 Å². The molecular weight excluding hydrogens is 478 g/mol. The quantitative estimate of drug-likeness (QED) is 0.495. The molecule has 0 radical (unpaired) electrons. The third-order valence-electron chi connectivity index (χ3n) is 6.87. The van der Waals surface area contributed by atoms with Crippen LogP contribution < -0.4 is 5.32 Å². The molecule has 2 aliphatic rings. The van der Waals surface area contributed by atoms with Gasteiger partial charge in [0.15, 0.2) is 0 Å². The van der Waals surface area contributed by atoms with Crippen LogP contribution in [0.3, 0.4) is 0 Å². The number of nitrogens with one attached hydrogen (secondary N) is 1. The number of hydrogen-bond acceptors (Lipinski definition) is 7. The van der Waals surface area contributed by atoms with Gasteiger partial charge in [0.1, 0.15) is 0 Å². The maximum atomic E-state index is 13.1. The Labute approximate surface area is 216 Å². The minimum atomic E-state index is -0.0520. The van der Waals surface area contributed by atoms with E-state index in [0.29, 0.717) is 36.4 Å². The van der Waals surface area contributed by atoms with Crippen molar-refractivity contribution in [3.05, 3.63) is 70.6 Å². The monoisotopic (exact) mass is 509 g/mol. The number of piperidine rings is 1. The first-order valence-corrected chi connectivity index (χ1v) is 13.0. The second-order valence-electron chi connectivity index (χ2n) is 9.47. The number of benzene rings is 2. The zero-order valence-corrected chi connectivity index (χ0v) is 21.1. The predicted octanol–water partition coefficient (Wildman–Crippen LogP) is 3.75. The molecule has 1 atom stereocenters. The Morgan fingerprint density at radius 1 is 1.00 bits per heavy atom. The number of carbonyl (C=O) groups excluding carboxylic acids is 1. The third-order valence-corrected chi connectivity index (χ3v) is 7.13. The van der Waals surface area contributed by atoms with Gasteiger partial charge in [-0.15, -0.1) is 0 Å². The summed E-state index contributed by atoms with van der Waals surface area (Å²) in [6, 6.07) is 15.7. The number of amides is 1. The summed E-state index contributed by atoms with van der Waals surface area (Å²) in [4.78, 5) is 22.2. The van der Waals surface area contributed by atoms with E-state index in [1.165, 1.54) is 11.1 Å². The Balaban J connectivity index is 1.14. The lowest BCUT2D eigenvalue weighted by molar-refractivity contribution is -0.127. The summed E-state index contributed by atoms with van der Waals surface area (Å²) >= 11 is 5.97. The maximum Gasteiger partial charge on any atom is 0.241 e. The highest BCUT2D eigenvalue weighted by Crippen LogP contribution is 2.22. The number of hydrogen-bond donors (Lipinski definition) is 1. The molecule has 0 bridgehead atoms. The number of ether oxygens (including phenoxy) is 1. The van der Waals surface area contributed by atoms with Crippen LogP contribution in [-0.2, 0) is 29.2 Å². The molecule has 1 aromatic heterocycles. The summed E-state index contributed by atoms with van der Waals surface area (Å²) in [7, 11) is 0. The van der Waals surface area contributed by atoms with E-state index in [0.717, 1.165) is 57.8 Å². The second kappa shape index (κ2) is 12.0. The summed E-state index contributed by atoms with van der Waals surface area (Å²) in [5.41, 5.74) is 3.29. The number of nitrogens with zero attached hydrogens (tertiary/aromatic N) is 4. The molecular formula is C27H32ClN5O3. The SMILES string of the molecule is O=C(NCc1ccccc1CN1CCOCC1)C1CCCN(Cc2nc(-c3ccc(Cl)cc3)no2)C1. The van der Waals surface area contributed by atoms with Gasteiger partial charge >= 0.3 is 0 Å². The first kappa shape index (κ1) is 24.9. The molecule has 36 heavy (non-hydrogen) atoms. The second-order valence-corrected chi connectivity index (χ2v) is 9.90. The molecule has 8 nitrogen and oxygen atoms in total. The number of halogens is 1. The van der Waals surface area contributed by atoms with Crippen LogP contribution >= 0.6 is 11.6 Å². The van der Waals surface area contributed by atoms with Crippen molar-refractivity contribution in [2.24, 2.45) is 5.92 Å². The minimum absolute atomic E-state index is 0.0520. The normalized spacial score (nSPS) is 19.3. The Kier molecular flexibility index (Phi) is 8.28. The van der Waals surface area contributed by atoms with E-state index >= 15 is 0 Å². The van der Waals surface area contributed by atoms with E-state index in [1.54, 1.807) is 0 Å². The lowest BCUT2D eigenvalue weighted by Gasteiger charge is -2.31. The molecule has 2 aromatic carbocycles. The van der Waals surface area contributed by atoms with Crippen molar-refractivity contribution >= 4 is 17.5 Å². The van der Waals surface area contributed by atoms with Crippen LogP contribution in [0, 0.1) is 5.92 Å². The smallest absolute Gasteiger partial charge is 0.241 e. The van der Waals surface area contributed by atoms with Gasteiger partial charge in [0.05, 0.1) is 25.7 Å². The lowest BCUT2D eigenvalue weighted by atomic mass is 9.97. The summed E-state index contributed by atoms with van der Waals surface area (Å²) < 4.78 is 10.9. The highest BCUT2D eigenvalue weighted by Gasteiger charge is 2.27. The topological polar surface area (TPSA) is 83.7 Å². The van der Waals surface area contributed by atoms with Gasteiger partial charge in [-0.3, -0.25) is 14.6 Å². The molecule has 1 amide bonds. The first-order valence-electron chi connectivity index (χ1n) is 12.6. The average molecular weight is 510 g/mol. The molecule has 0 saturated carbocycles. The highest BCUT2D eigenvalue weighted by molar-refractivity contribution is 6.30. The maximum absolute atomic E-state index is 13.1. The van der Waals surface area contributed by atoms with E-state index in [1.807, 2.05) is 30.3 Å². The van der Waals surface area contributed by atoms with E-state index in [-0.39, 0.29) is 11.8 Å². The number of carbonyl (C=O) groups is 1. The largest absolute Gasteiger partial charge is 0.379 e. The van der Waals surface area contributed by atoms with Crippen LogP contribution in [0.25, 0.3) is 11.4 Å². The Morgan fingerprint density at radius 3 is 2.58 bits per heavy atom. The van der Waals surface area contributed by atoms with Gasteiger partial charge in [0.25, 0.3) is 0 Å². The van der Waals surface area contributed by atoms with Crippen molar-refractivity contribution in [2.75, 3.05) is 39.4 Å². The fourth-order valence-corrected chi connectivity index (χ4v) is 4.98. The van der Waals surface area contributed by atoms with E-state index in [2.05, 4.69) is 43.5 Å². The van der Waals surface area contributed by atoms with Crippen LogP contribution in [-0.4, -0.2) is 65.2 Å². The van der Waals surface area contributed by atoms with Crippen LogP contribution in [0.1, 0.15) is 29.9 Å². The van der Waals surface area contributed by atoms with Crippen molar-refractivity contribution in [3.8, 4) is 11.4 Å².